The molecule has 16 nitrogen and oxygen atoms in total. The third kappa shape index (κ3) is 6.26. The third-order valence-electron chi connectivity index (χ3n) is 4.55. The molecule has 0 spiro atoms. The highest BCUT2D eigenvalue weighted by atomic mass is 32.3. The van der Waals surface area contributed by atoms with Gasteiger partial charge in [-0.1, -0.05) is 0 Å². The number of hydrogen-bond donors (Lipinski definition) is 8. The smallest absolute Gasteiger partial charge is 0.397 e. The van der Waals surface area contributed by atoms with E-state index in [-0.39, 0.29) is 0 Å². The van der Waals surface area contributed by atoms with Crippen molar-refractivity contribution < 1.29 is 71.6 Å². The SMILES string of the molecule is CC(=O)N[C@@H]1[C@@H](O[C@@H]2O[C@H](C(=O)O)[C@@H](O)[C@H](O)[C@H]2O)[C@H](O)[C@@H](COS(=O)(=O)O)O[C@@H]1O. The van der Waals surface area contributed by atoms with Gasteiger partial charge in [-0.25, -0.2) is 8.98 Å². The molecule has 2 aliphatic rings. The number of nitrogens with one attached hydrogen (secondary N) is 1. The molecule has 0 bridgehead atoms. The highest BCUT2D eigenvalue weighted by Gasteiger charge is 2.52. The molecule has 31 heavy (non-hydrogen) atoms. The van der Waals surface area contributed by atoms with Crippen LogP contribution in [0.2, 0.25) is 0 Å². The first-order chi connectivity index (χ1) is 14.2. The van der Waals surface area contributed by atoms with Crippen LogP contribution in [0.15, 0.2) is 0 Å². The van der Waals surface area contributed by atoms with E-state index in [4.69, 9.17) is 23.9 Å². The predicted molar refractivity (Wildman–Crippen MR) is 91.2 cm³/mol. The number of aliphatic hydroxyl groups is 5. The van der Waals surface area contributed by atoms with Gasteiger partial charge in [0.15, 0.2) is 18.7 Å². The number of aliphatic carboxylic acids is 1. The summed E-state index contributed by atoms with van der Waals surface area (Å²) in [6.07, 6.45) is -17.3. The first-order valence-corrected chi connectivity index (χ1v) is 10.1. The van der Waals surface area contributed by atoms with E-state index in [9.17, 15) is 43.5 Å². The molecule has 2 fully saturated rings. The van der Waals surface area contributed by atoms with Crippen LogP contribution in [0.5, 0.6) is 0 Å². The van der Waals surface area contributed by atoms with Crippen molar-refractivity contribution in [3.8, 4) is 0 Å². The van der Waals surface area contributed by atoms with Gasteiger partial charge >= 0.3 is 16.4 Å². The maximum atomic E-state index is 11.5. The molecule has 2 rings (SSSR count). The van der Waals surface area contributed by atoms with Crippen molar-refractivity contribution in [3.63, 3.8) is 0 Å². The minimum atomic E-state index is -4.95. The second-order valence-corrected chi connectivity index (χ2v) is 7.92. The van der Waals surface area contributed by atoms with Gasteiger partial charge in [0.25, 0.3) is 0 Å². The molecule has 0 saturated carbocycles. The second-order valence-electron chi connectivity index (χ2n) is 6.83. The summed E-state index contributed by atoms with van der Waals surface area (Å²) in [6, 6.07) is -1.54. The van der Waals surface area contributed by atoms with Crippen LogP contribution in [-0.2, 0) is 38.4 Å². The van der Waals surface area contributed by atoms with Gasteiger partial charge in [0.2, 0.25) is 5.91 Å². The van der Waals surface area contributed by atoms with E-state index < -0.39 is 90.2 Å². The largest absolute Gasteiger partial charge is 0.479 e. The predicted octanol–water partition coefficient (Wildman–Crippen LogP) is -5.33. The number of carboxylic acid groups (broad SMARTS) is 1. The van der Waals surface area contributed by atoms with Crippen LogP contribution < -0.4 is 5.32 Å². The van der Waals surface area contributed by atoms with Crippen molar-refractivity contribution in [1.82, 2.24) is 5.32 Å². The molecule has 0 aromatic rings. The van der Waals surface area contributed by atoms with E-state index in [0.29, 0.717) is 0 Å². The quantitative estimate of drug-likeness (QED) is 0.159. The molecule has 8 N–H and O–H groups in total. The molecule has 10 atom stereocenters. The fourth-order valence-electron chi connectivity index (χ4n) is 3.09. The van der Waals surface area contributed by atoms with Crippen LogP contribution in [0.25, 0.3) is 0 Å². The van der Waals surface area contributed by atoms with Gasteiger partial charge in [-0.15, -0.1) is 0 Å². The monoisotopic (exact) mass is 477 g/mol. The molecule has 0 aliphatic carbocycles. The van der Waals surface area contributed by atoms with Gasteiger partial charge in [0, 0.05) is 6.92 Å². The van der Waals surface area contributed by atoms with Crippen molar-refractivity contribution in [1.29, 1.82) is 0 Å². The molecule has 2 heterocycles. The normalized spacial score (nSPS) is 41.5. The summed E-state index contributed by atoms with van der Waals surface area (Å²) in [4.78, 5) is 22.7. The van der Waals surface area contributed by atoms with E-state index >= 15 is 0 Å². The van der Waals surface area contributed by atoms with Crippen molar-refractivity contribution in [2.24, 2.45) is 0 Å². The Morgan fingerprint density at radius 3 is 2.13 bits per heavy atom. The van der Waals surface area contributed by atoms with Crippen LogP contribution in [0.1, 0.15) is 6.92 Å². The maximum Gasteiger partial charge on any atom is 0.397 e. The van der Waals surface area contributed by atoms with Gasteiger partial charge in [-0.05, 0) is 0 Å². The molecule has 2 aliphatic heterocycles. The van der Waals surface area contributed by atoms with Crippen molar-refractivity contribution in [3.05, 3.63) is 0 Å². The fraction of sp³-hybridized carbons (Fsp3) is 0.857. The molecule has 180 valence electrons. The molecule has 0 aromatic heterocycles. The van der Waals surface area contributed by atoms with E-state index in [1.54, 1.807) is 0 Å². The van der Waals surface area contributed by atoms with E-state index in [0.717, 1.165) is 6.92 Å². The summed E-state index contributed by atoms with van der Waals surface area (Å²) in [6.45, 7) is 0.0348. The topological polar surface area (TPSA) is 259 Å². The van der Waals surface area contributed by atoms with Crippen LogP contribution in [0.3, 0.4) is 0 Å². The zero-order chi connectivity index (χ0) is 23.7. The van der Waals surface area contributed by atoms with E-state index in [1.807, 2.05) is 0 Å². The minimum Gasteiger partial charge on any atom is -0.479 e. The summed E-state index contributed by atoms with van der Waals surface area (Å²) >= 11 is 0. The summed E-state index contributed by atoms with van der Waals surface area (Å²) in [7, 11) is -4.95. The zero-order valence-electron chi connectivity index (χ0n) is 15.8. The van der Waals surface area contributed by atoms with Crippen LogP contribution in [0.4, 0.5) is 0 Å². The standard InChI is InChI=1S/C14H23NO15S/c1-3(16)15-5-10(6(17)4(28-13(5)23)2-27-31(24,25)26)29-14-9(20)7(18)8(19)11(30-14)12(21)22/h4-11,13-14,17-20,23H,2H2,1H3,(H,15,16)(H,21,22)(H,24,25,26)/t4-,5-,6-,7+,8+,9-,10-,11+,13+,14-/m1/s1. The highest BCUT2D eigenvalue weighted by Crippen LogP contribution is 2.29. The first kappa shape index (κ1) is 25.7. The van der Waals surface area contributed by atoms with Crippen LogP contribution in [0, 0.1) is 0 Å². The lowest BCUT2D eigenvalue weighted by Crippen LogP contribution is -2.68. The average molecular weight is 477 g/mol. The van der Waals surface area contributed by atoms with Gasteiger partial charge in [0.1, 0.15) is 42.7 Å². The Hall–Kier alpha value is -1.51. The van der Waals surface area contributed by atoms with Gasteiger partial charge in [0.05, 0.1) is 6.61 Å². The minimum absolute atomic E-state index is 0.731. The van der Waals surface area contributed by atoms with Crippen LogP contribution in [-0.4, -0.2) is 123 Å². The molecular weight excluding hydrogens is 454 g/mol. The average Bonchev–Trinajstić information content (AvgIpc) is 2.64. The lowest BCUT2D eigenvalue weighted by molar-refractivity contribution is -0.336. The van der Waals surface area contributed by atoms with Gasteiger partial charge < -0.3 is 50.2 Å². The Morgan fingerprint density at radius 2 is 1.61 bits per heavy atom. The summed E-state index contributed by atoms with van der Waals surface area (Å²) in [5.41, 5.74) is 0. The Kier molecular flexibility index (Phi) is 8.27. The summed E-state index contributed by atoms with van der Waals surface area (Å²) < 4.78 is 49.5. The number of amides is 1. The molecule has 2 saturated heterocycles. The lowest BCUT2D eigenvalue weighted by Gasteiger charge is -2.46. The van der Waals surface area contributed by atoms with Gasteiger partial charge in [-0.3, -0.25) is 9.35 Å². The molecule has 0 aromatic carbocycles. The number of ether oxygens (including phenoxy) is 3. The Morgan fingerprint density at radius 1 is 1.00 bits per heavy atom. The highest BCUT2D eigenvalue weighted by molar-refractivity contribution is 7.80. The van der Waals surface area contributed by atoms with Crippen molar-refractivity contribution >= 4 is 22.3 Å². The van der Waals surface area contributed by atoms with Gasteiger partial charge in [-0.2, -0.15) is 8.42 Å². The summed E-state index contributed by atoms with van der Waals surface area (Å²) in [5, 5.41) is 61.6. The van der Waals surface area contributed by atoms with E-state index in [2.05, 4.69) is 9.50 Å². The Bertz CT molecular complexity index is 761. The molecule has 1 amide bonds. The van der Waals surface area contributed by atoms with Crippen LogP contribution >= 0.6 is 0 Å². The number of hydrogen-bond acceptors (Lipinski definition) is 13. The lowest BCUT2D eigenvalue weighted by atomic mass is 9.95. The number of rotatable bonds is 7. The molecular formula is C14H23NO15S. The Labute approximate surface area is 174 Å². The van der Waals surface area contributed by atoms with Crippen molar-refractivity contribution in [2.75, 3.05) is 6.61 Å². The summed E-state index contributed by atoms with van der Waals surface area (Å²) in [5.74, 6) is -2.44. The van der Waals surface area contributed by atoms with Crippen molar-refractivity contribution in [2.45, 2.75) is 68.3 Å². The second kappa shape index (κ2) is 9.96. The first-order valence-electron chi connectivity index (χ1n) is 8.71. The number of carboxylic acids is 1. The zero-order valence-corrected chi connectivity index (χ0v) is 16.6. The maximum absolute atomic E-state index is 11.5. The number of carbonyl (C=O) groups excluding carboxylic acids is 1. The molecule has 0 unspecified atom stereocenters. The molecule has 0 radical (unpaired) electrons. The number of carbonyl (C=O) groups is 2. The fourth-order valence-corrected chi connectivity index (χ4v) is 3.40. The van der Waals surface area contributed by atoms with E-state index in [1.165, 1.54) is 0 Å². The number of aliphatic hydroxyl groups excluding tert-OH is 5. The Balaban J connectivity index is 2.27. The molecule has 17 heteroatoms. The third-order valence-corrected chi connectivity index (χ3v) is 4.98.